The quantitative estimate of drug-likeness (QED) is 0.145. The number of nitrogens with zero attached hydrogens (tertiary/aromatic N) is 1. The number of benzene rings is 2. The molecule has 10 N–H and O–H groups in total. The van der Waals surface area contributed by atoms with E-state index in [2.05, 4.69) is 12.2 Å². The van der Waals surface area contributed by atoms with E-state index < -0.39 is 81.1 Å². The van der Waals surface area contributed by atoms with Crippen LogP contribution in [0, 0.1) is 11.8 Å². The summed E-state index contributed by atoms with van der Waals surface area (Å²) in [6.07, 6.45) is 1.58. The van der Waals surface area contributed by atoms with Crippen molar-refractivity contribution in [3.8, 4) is 11.5 Å². The number of rotatable bonds is 8. The monoisotopic (exact) mass is 653 g/mol. The lowest BCUT2D eigenvalue weighted by molar-refractivity contribution is -0.159. The topological polar surface area (TPSA) is 234 Å². The van der Waals surface area contributed by atoms with Gasteiger partial charge in [-0.1, -0.05) is 37.6 Å². The van der Waals surface area contributed by atoms with Crippen LogP contribution in [0.15, 0.2) is 59.4 Å². The summed E-state index contributed by atoms with van der Waals surface area (Å²) in [6, 6.07) is 9.67. The summed E-state index contributed by atoms with van der Waals surface area (Å²) in [7, 11) is 3.01. The first-order chi connectivity index (χ1) is 22.0. The molecule has 0 saturated heterocycles. The predicted octanol–water partition coefficient (Wildman–Crippen LogP) is 1.44. The number of likely N-dealkylation sites (N-methyl/N-ethyl adjacent to an activating group) is 1. The van der Waals surface area contributed by atoms with Gasteiger partial charge in [-0.15, -0.1) is 0 Å². The fraction of sp³-hybridized carbons (Fsp3) is 0.441. The molecule has 1 amide bonds. The lowest BCUT2D eigenvalue weighted by Gasteiger charge is -2.53. The van der Waals surface area contributed by atoms with Crippen LogP contribution >= 0.6 is 0 Å². The number of hydrogen-bond acceptors (Lipinski definition) is 12. The molecule has 13 heteroatoms. The number of aromatic hydroxyl groups is 2. The van der Waals surface area contributed by atoms with Crippen molar-refractivity contribution in [3.63, 3.8) is 0 Å². The van der Waals surface area contributed by atoms with Gasteiger partial charge in [0, 0.05) is 24.0 Å². The molecular weight excluding hydrogens is 610 g/mol. The number of nitrogens with two attached hydrogens (primary N) is 1. The summed E-state index contributed by atoms with van der Waals surface area (Å²) < 4.78 is 0. The van der Waals surface area contributed by atoms with Gasteiger partial charge in [-0.3, -0.25) is 19.3 Å². The van der Waals surface area contributed by atoms with Gasteiger partial charge in [-0.25, -0.2) is 0 Å². The number of aliphatic hydroxyl groups is 5. The molecule has 3 aliphatic carbocycles. The van der Waals surface area contributed by atoms with E-state index >= 15 is 0 Å². The van der Waals surface area contributed by atoms with Crippen LogP contribution in [-0.2, 0) is 20.0 Å². The minimum atomic E-state index is -2.75. The average Bonchev–Trinajstić information content (AvgIpc) is 3.00. The molecule has 47 heavy (non-hydrogen) atoms. The normalized spacial score (nSPS) is 27.4. The van der Waals surface area contributed by atoms with E-state index in [-0.39, 0.29) is 23.3 Å². The second-order valence-electron chi connectivity index (χ2n) is 12.6. The number of primary amides is 1. The van der Waals surface area contributed by atoms with Crippen molar-refractivity contribution >= 4 is 23.2 Å². The minimum absolute atomic E-state index is 0.170. The van der Waals surface area contributed by atoms with Gasteiger partial charge in [0.1, 0.15) is 28.6 Å². The maximum atomic E-state index is 13.7. The van der Waals surface area contributed by atoms with Gasteiger partial charge >= 0.3 is 0 Å². The highest BCUT2D eigenvalue weighted by atomic mass is 16.3. The van der Waals surface area contributed by atoms with Crippen LogP contribution < -0.4 is 11.1 Å². The third kappa shape index (κ3) is 6.12. The molecule has 5 rings (SSSR count). The minimum Gasteiger partial charge on any atom is -0.508 e. The van der Waals surface area contributed by atoms with Crippen molar-refractivity contribution in [3.05, 3.63) is 76.1 Å². The summed E-state index contributed by atoms with van der Waals surface area (Å²) in [4.78, 5) is 40.0. The first-order valence-electron chi connectivity index (χ1n) is 15.4. The second-order valence-corrected chi connectivity index (χ2v) is 12.6. The molecule has 6 atom stereocenters. The highest BCUT2D eigenvalue weighted by molar-refractivity contribution is 6.24. The number of phenols is 2. The number of phenolic OH excluding ortho intramolecular Hbond substituents is 2. The molecule has 3 aliphatic rings. The number of fused-ring (bicyclic) bond motifs is 3. The molecule has 2 aromatic carbocycles. The van der Waals surface area contributed by atoms with Crippen molar-refractivity contribution in [1.29, 1.82) is 0 Å². The molecular formula is C34H43N3O10. The van der Waals surface area contributed by atoms with Crippen LogP contribution in [0.25, 0.3) is 5.76 Å². The number of carbonyl (C=O) groups excluding carboxylic acids is 3. The van der Waals surface area contributed by atoms with Crippen LogP contribution in [0.3, 0.4) is 0 Å². The second kappa shape index (κ2) is 13.5. The number of amides is 1. The Bertz CT molecular complexity index is 1610. The Kier molecular flexibility index (Phi) is 10.2. The molecule has 254 valence electrons. The van der Waals surface area contributed by atoms with Crippen molar-refractivity contribution in [2.24, 2.45) is 17.6 Å². The Morgan fingerprint density at radius 3 is 2.28 bits per heavy atom. The summed E-state index contributed by atoms with van der Waals surface area (Å²) >= 11 is 0. The summed E-state index contributed by atoms with van der Waals surface area (Å²) in [5, 5.41) is 76.9. The highest BCUT2D eigenvalue weighted by Crippen LogP contribution is 2.57. The zero-order valence-electron chi connectivity index (χ0n) is 26.8. The molecule has 2 aromatic rings. The number of Topliss-reactive ketones (excluding diaryl/α,β-unsaturated/α-hetero) is 2. The Morgan fingerprint density at radius 2 is 1.70 bits per heavy atom. The first kappa shape index (κ1) is 35.6. The van der Waals surface area contributed by atoms with Gasteiger partial charge in [0.15, 0.2) is 11.4 Å². The smallest absolute Gasteiger partial charge is 0.255 e. The summed E-state index contributed by atoms with van der Waals surface area (Å²) in [5.41, 5.74) is 0.282. The highest BCUT2D eigenvalue weighted by Gasteiger charge is 2.66. The van der Waals surface area contributed by atoms with Crippen molar-refractivity contribution in [2.45, 2.75) is 56.5 Å². The number of hydrogen-bond donors (Lipinski definition) is 9. The molecule has 0 heterocycles. The van der Waals surface area contributed by atoms with E-state index in [4.69, 9.17) is 10.8 Å². The zero-order valence-corrected chi connectivity index (χ0v) is 26.8. The number of aliphatic hydroxyl groups excluding tert-OH is 3. The zero-order chi connectivity index (χ0) is 35.0. The van der Waals surface area contributed by atoms with Gasteiger partial charge in [-0.05, 0) is 69.7 Å². The lowest BCUT2D eigenvalue weighted by atomic mass is 9.54. The van der Waals surface area contributed by atoms with Gasteiger partial charge in [0.05, 0.1) is 23.3 Å². The number of ketones is 2. The SMILES string of the molecule is CCCCNCC(O)c1ccc(O)cc1.CN(C)[C@@H]1C(=O)C(C(N)=O)=C(O)[C@@]2(O)C(=O)C3=C(O)c4c(O)cccc4[C@@](C)(O)[C@H]3C[C@@H]12. The third-order valence-corrected chi connectivity index (χ3v) is 9.34. The van der Waals surface area contributed by atoms with E-state index in [9.17, 15) is 45.0 Å². The Labute approximate surface area is 272 Å². The molecule has 1 saturated carbocycles. The lowest BCUT2D eigenvalue weighted by Crippen LogP contribution is -2.67. The fourth-order valence-corrected chi connectivity index (χ4v) is 6.86. The third-order valence-electron chi connectivity index (χ3n) is 9.34. The van der Waals surface area contributed by atoms with E-state index in [1.54, 1.807) is 24.3 Å². The largest absolute Gasteiger partial charge is 0.508 e. The maximum Gasteiger partial charge on any atom is 0.255 e. The standard InChI is InChI=1S/C22H24N2O8.C12H19NO2/c1-21(31)8-5-4-6-11(25)12(8)16(26)13-9(21)7-10-15(24(2)3)17(27)14(20(23)30)19(29)22(10,32)18(13)28;1-2-3-8-13-9-12(15)10-4-6-11(14)7-5-10/h4-6,9-10,15,25-26,29,31-32H,7H2,1-3H3,(H2,23,30);4-7,12-15H,2-3,8-9H2,1H3/t9-,10-,15-,21+,22-;/m0./s1. The van der Waals surface area contributed by atoms with Crippen LogP contribution in [0.2, 0.25) is 0 Å². The molecule has 1 fully saturated rings. The fourth-order valence-electron chi connectivity index (χ4n) is 6.86. The molecule has 0 bridgehead atoms. The van der Waals surface area contributed by atoms with Gasteiger partial charge in [0.25, 0.3) is 5.91 Å². The van der Waals surface area contributed by atoms with Gasteiger partial charge in [0.2, 0.25) is 5.78 Å². The summed E-state index contributed by atoms with van der Waals surface area (Å²) in [5.74, 6) is -7.67. The Balaban J connectivity index is 0.000000280. The van der Waals surface area contributed by atoms with Crippen LogP contribution in [0.4, 0.5) is 0 Å². The van der Waals surface area contributed by atoms with E-state index in [1.165, 1.54) is 44.1 Å². The van der Waals surface area contributed by atoms with E-state index in [0.29, 0.717) is 6.54 Å². The predicted molar refractivity (Wildman–Crippen MR) is 171 cm³/mol. The molecule has 0 spiro atoms. The number of carbonyl (C=O) groups is 3. The van der Waals surface area contributed by atoms with Gasteiger partial charge in [-0.2, -0.15) is 0 Å². The number of nitrogens with one attached hydrogen (secondary N) is 1. The summed E-state index contributed by atoms with van der Waals surface area (Å²) in [6.45, 7) is 5.04. The Morgan fingerprint density at radius 1 is 1.06 bits per heavy atom. The molecule has 13 nitrogen and oxygen atoms in total. The average molecular weight is 654 g/mol. The van der Waals surface area contributed by atoms with Crippen molar-refractivity contribution < 1.29 is 50.1 Å². The Hall–Kier alpha value is -4.27. The van der Waals surface area contributed by atoms with Crippen LogP contribution in [0.5, 0.6) is 11.5 Å². The number of unbranched alkanes of at least 4 members (excludes halogenated alkanes) is 1. The van der Waals surface area contributed by atoms with Crippen molar-refractivity contribution in [2.75, 3.05) is 27.2 Å². The van der Waals surface area contributed by atoms with Gasteiger partial charge < -0.3 is 46.8 Å². The van der Waals surface area contributed by atoms with Crippen molar-refractivity contribution in [1.82, 2.24) is 10.2 Å². The molecule has 0 radical (unpaired) electrons. The molecule has 0 aromatic heterocycles. The first-order valence-corrected chi connectivity index (χ1v) is 15.4. The van der Waals surface area contributed by atoms with E-state index in [0.717, 1.165) is 24.9 Å². The van der Waals surface area contributed by atoms with Crippen LogP contribution in [-0.4, -0.2) is 96.9 Å². The maximum absolute atomic E-state index is 13.7. The molecule has 0 aliphatic heterocycles. The molecule has 1 unspecified atom stereocenters. The van der Waals surface area contributed by atoms with E-state index in [1.807, 2.05) is 0 Å². The van der Waals surface area contributed by atoms with Crippen LogP contribution in [0.1, 0.15) is 55.9 Å².